The molecule has 0 radical (unpaired) electrons. The van der Waals surface area contributed by atoms with Gasteiger partial charge in [0.05, 0.1) is 29.5 Å². The minimum atomic E-state index is -0.998. The van der Waals surface area contributed by atoms with Gasteiger partial charge >= 0.3 is 5.97 Å². The van der Waals surface area contributed by atoms with E-state index in [0.717, 1.165) is 69.9 Å². The number of nitrogens with two attached hydrogens (primary N) is 1. The van der Waals surface area contributed by atoms with E-state index in [2.05, 4.69) is 54.6 Å². The molecule has 2 fully saturated rings. The van der Waals surface area contributed by atoms with Gasteiger partial charge in [0, 0.05) is 30.3 Å². The molecule has 8 N–H and O–H groups in total. The second-order valence-corrected chi connectivity index (χ2v) is 16.1. The molecule has 0 amide bonds. The zero-order valence-electron chi connectivity index (χ0n) is 30.2. The van der Waals surface area contributed by atoms with Gasteiger partial charge in [-0.15, -0.1) is 0 Å². The number of fused-ring (bicyclic) bond motifs is 1. The smallest absolute Gasteiger partial charge is 0.309 e. The van der Waals surface area contributed by atoms with Crippen molar-refractivity contribution in [3.8, 4) is 0 Å². The van der Waals surface area contributed by atoms with E-state index < -0.39 is 23.6 Å². The summed E-state index contributed by atoms with van der Waals surface area (Å²) in [5.41, 5.74) is 8.68. The largest absolute Gasteiger partial charge is 0.481 e. The standard InChI is InChI=1S/C41H65N3O5/c1-3-5-6-9-28-12-13-31(37(46)23-28)10-7-8-11-32-14-15-33(35-22-27(4-2)26-44-35)34-21-30(20-29-17-19-43-38(42)24-29)25-41(34,49)18-16-36(45)39(32)40(47)48/h12-13,17,22,24,26,28,30-34,36-37,39,43-46,49H,3-11,14-16,18-21,23,25,42H2,1-2H3,(H,47,48). The van der Waals surface area contributed by atoms with Gasteiger partial charge in [-0.25, -0.2) is 0 Å². The van der Waals surface area contributed by atoms with Crippen molar-refractivity contribution in [2.45, 2.75) is 147 Å². The average molecular weight is 680 g/mol. The lowest BCUT2D eigenvalue weighted by molar-refractivity contribution is -0.150. The lowest BCUT2D eigenvalue weighted by atomic mass is 9.69. The first kappa shape index (κ1) is 37.7. The number of aryl methyl sites for hydroxylation is 1. The number of unbranched alkanes of at least 4 members (excludes halogenated alkanes) is 3. The Kier molecular flexibility index (Phi) is 13.5. The Morgan fingerprint density at radius 1 is 1.00 bits per heavy atom. The quantitative estimate of drug-likeness (QED) is 0.0820. The number of aliphatic carboxylic acids is 1. The zero-order chi connectivity index (χ0) is 35.0. The van der Waals surface area contributed by atoms with Crippen molar-refractivity contribution in [3.05, 3.63) is 59.2 Å². The number of aliphatic hydroxyl groups excluding tert-OH is 2. The maximum Gasteiger partial charge on any atom is 0.309 e. The van der Waals surface area contributed by atoms with Crippen LogP contribution in [-0.2, 0) is 11.2 Å². The summed E-state index contributed by atoms with van der Waals surface area (Å²) in [6.45, 7) is 5.08. The Hall–Kier alpha value is -2.55. The van der Waals surface area contributed by atoms with Crippen LogP contribution in [0.5, 0.6) is 0 Å². The van der Waals surface area contributed by atoms with Crippen molar-refractivity contribution in [3.63, 3.8) is 0 Å². The van der Waals surface area contributed by atoms with E-state index in [9.17, 15) is 25.2 Å². The van der Waals surface area contributed by atoms with Crippen molar-refractivity contribution in [2.75, 3.05) is 6.54 Å². The number of allylic oxidation sites excluding steroid dienone is 3. The minimum absolute atomic E-state index is 0.0177. The van der Waals surface area contributed by atoms with E-state index in [0.29, 0.717) is 37.5 Å². The Morgan fingerprint density at radius 3 is 2.51 bits per heavy atom. The normalized spacial score (nSPS) is 35.2. The van der Waals surface area contributed by atoms with Gasteiger partial charge in [0.15, 0.2) is 0 Å². The zero-order valence-corrected chi connectivity index (χ0v) is 30.2. The fourth-order valence-corrected chi connectivity index (χ4v) is 9.92. The molecule has 8 nitrogen and oxygen atoms in total. The number of aromatic nitrogens is 1. The molecule has 5 rings (SSSR count). The predicted molar refractivity (Wildman–Crippen MR) is 195 cm³/mol. The summed E-state index contributed by atoms with van der Waals surface area (Å²) >= 11 is 0. The third-order valence-corrected chi connectivity index (χ3v) is 12.7. The highest BCUT2D eigenvalue weighted by Gasteiger charge is 2.51. The minimum Gasteiger partial charge on any atom is -0.481 e. The van der Waals surface area contributed by atoms with Gasteiger partial charge in [0.2, 0.25) is 0 Å². The molecule has 0 saturated heterocycles. The molecule has 0 bridgehead atoms. The predicted octanol–water partition coefficient (Wildman–Crippen LogP) is 7.08. The van der Waals surface area contributed by atoms with Gasteiger partial charge in [-0.05, 0) is 124 Å². The molecule has 0 spiro atoms. The van der Waals surface area contributed by atoms with Gasteiger partial charge in [-0.3, -0.25) is 4.79 Å². The number of aromatic amines is 1. The molecule has 10 atom stereocenters. The molecule has 4 aliphatic rings. The van der Waals surface area contributed by atoms with Crippen LogP contribution in [0.1, 0.15) is 134 Å². The van der Waals surface area contributed by atoms with Gasteiger partial charge in [-0.1, -0.05) is 64.2 Å². The van der Waals surface area contributed by atoms with Crippen molar-refractivity contribution in [2.24, 2.45) is 41.2 Å². The number of carbonyl (C=O) groups is 1. The molecule has 274 valence electrons. The van der Waals surface area contributed by atoms with E-state index in [-0.39, 0.29) is 42.1 Å². The maximum absolute atomic E-state index is 12.8. The summed E-state index contributed by atoms with van der Waals surface area (Å²) in [7, 11) is 0. The number of carboxylic acid groups (broad SMARTS) is 1. The van der Waals surface area contributed by atoms with E-state index in [1.54, 1.807) is 0 Å². The second-order valence-electron chi connectivity index (χ2n) is 16.1. The summed E-state index contributed by atoms with van der Waals surface area (Å²) in [4.78, 5) is 16.3. The van der Waals surface area contributed by atoms with Crippen LogP contribution in [0, 0.1) is 35.5 Å². The van der Waals surface area contributed by atoms with Gasteiger partial charge in [0.25, 0.3) is 0 Å². The van der Waals surface area contributed by atoms with Crippen LogP contribution in [0.2, 0.25) is 0 Å². The molecule has 1 aliphatic heterocycles. The van der Waals surface area contributed by atoms with Crippen LogP contribution in [0.3, 0.4) is 0 Å². The number of carboxylic acids is 1. The Morgan fingerprint density at radius 2 is 1.80 bits per heavy atom. The lowest BCUT2D eigenvalue weighted by Gasteiger charge is -2.39. The van der Waals surface area contributed by atoms with Gasteiger partial charge in [0.1, 0.15) is 0 Å². The number of nitrogens with one attached hydrogen (secondary N) is 2. The monoisotopic (exact) mass is 679 g/mol. The van der Waals surface area contributed by atoms with E-state index in [1.807, 2.05) is 6.08 Å². The first-order chi connectivity index (χ1) is 23.6. The molecule has 49 heavy (non-hydrogen) atoms. The fraction of sp³-hybridized carbons (Fsp3) is 0.732. The molecule has 3 aliphatic carbocycles. The van der Waals surface area contributed by atoms with Crippen LogP contribution in [-0.4, -0.2) is 55.7 Å². The first-order valence-corrected chi connectivity index (χ1v) is 19.7. The number of hydrogen-bond donors (Lipinski definition) is 7. The summed E-state index contributed by atoms with van der Waals surface area (Å²) in [5, 5.41) is 48.4. The van der Waals surface area contributed by atoms with Gasteiger partial charge in [-0.2, -0.15) is 0 Å². The lowest BCUT2D eigenvalue weighted by Crippen LogP contribution is -2.42. The Labute approximate surface area is 294 Å². The summed E-state index contributed by atoms with van der Waals surface area (Å²) in [6, 6.07) is 2.25. The maximum atomic E-state index is 12.8. The molecule has 0 aromatic carbocycles. The first-order valence-electron chi connectivity index (χ1n) is 19.7. The highest BCUT2D eigenvalue weighted by Crippen LogP contribution is 2.53. The summed E-state index contributed by atoms with van der Waals surface area (Å²) < 4.78 is 0. The van der Waals surface area contributed by atoms with Crippen LogP contribution < -0.4 is 11.1 Å². The van der Waals surface area contributed by atoms with Crippen molar-refractivity contribution in [1.29, 1.82) is 0 Å². The number of dihydropyridines is 1. The molecule has 2 saturated carbocycles. The van der Waals surface area contributed by atoms with Crippen LogP contribution in [0.4, 0.5) is 0 Å². The van der Waals surface area contributed by atoms with E-state index in [4.69, 9.17) is 5.73 Å². The topological polar surface area (TPSA) is 152 Å². The number of hydrogen-bond acceptors (Lipinski definition) is 6. The number of H-pyrrole nitrogens is 1. The van der Waals surface area contributed by atoms with Crippen molar-refractivity contribution in [1.82, 2.24) is 10.3 Å². The highest BCUT2D eigenvalue weighted by atomic mass is 16.4. The Balaban J connectivity index is 1.29. The summed E-state index contributed by atoms with van der Waals surface area (Å²) in [5.74, 6) is -0.239. The second kappa shape index (κ2) is 17.6. The van der Waals surface area contributed by atoms with Gasteiger partial charge < -0.3 is 36.5 Å². The molecular weight excluding hydrogens is 614 g/mol. The third-order valence-electron chi connectivity index (χ3n) is 12.7. The summed E-state index contributed by atoms with van der Waals surface area (Å²) in [6.07, 6.45) is 24.1. The van der Waals surface area contributed by atoms with Crippen LogP contribution in [0.15, 0.2) is 48.0 Å². The highest BCUT2D eigenvalue weighted by molar-refractivity contribution is 5.71. The molecule has 2 heterocycles. The van der Waals surface area contributed by atoms with Crippen molar-refractivity contribution < 1.29 is 25.2 Å². The Bertz CT molecular complexity index is 1300. The third kappa shape index (κ3) is 9.83. The fourth-order valence-electron chi connectivity index (χ4n) is 9.92. The van der Waals surface area contributed by atoms with Crippen LogP contribution >= 0.6 is 0 Å². The van der Waals surface area contributed by atoms with Crippen molar-refractivity contribution >= 4 is 5.97 Å². The van der Waals surface area contributed by atoms with E-state index >= 15 is 0 Å². The molecule has 1 aromatic heterocycles. The molecule has 10 unspecified atom stereocenters. The molecule has 1 aromatic rings. The number of rotatable bonds is 14. The van der Waals surface area contributed by atoms with Crippen LogP contribution in [0.25, 0.3) is 0 Å². The number of aliphatic hydroxyl groups is 3. The molecular formula is C41H65N3O5. The van der Waals surface area contributed by atoms with E-state index in [1.165, 1.54) is 30.4 Å². The average Bonchev–Trinajstić information content (AvgIpc) is 3.67. The SMILES string of the molecule is CCCCCC1C=CC(CCCCC2CCC(c3cc(CC)c[nH]3)C3CC(CC4=CCNC(N)=C4)CC3(O)CCC(O)C2C(=O)O)C(O)C1. The molecule has 8 heteroatoms.